The van der Waals surface area contributed by atoms with Crippen LogP contribution in [0, 0.1) is 0 Å². The van der Waals surface area contributed by atoms with Crippen LogP contribution in [0.3, 0.4) is 0 Å². The van der Waals surface area contributed by atoms with Gasteiger partial charge in [0.2, 0.25) is 0 Å². The number of piperidine rings is 1. The van der Waals surface area contributed by atoms with Gasteiger partial charge in [-0.3, -0.25) is 0 Å². The first-order chi connectivity index (χ1) is 14.3. The third-order valence-electron chi connectivity index (χ3n) is 5.34. The summed E-state index contributed by atoms with van der Waals surface area (Å²) in [5, 5.41) is 4.82. The van der Waals surface area contributed by atoms with E-state index in [0.29, 0.717) is 19.0 Å². The number of fused-ring (bicyclic) bond motifs is 1. The van der Waals surface area contributed by atoms with Crippen molar-refractivity contribution in [3.05, 3.63) is 48.3 Å². The van der Waals surface area contributed by atoms with Crippen molar-refractivity contribution in [2.24, 2.45) is 0 Å². The summed E-state index contributed by atoms with van der Waals surface area (Å²) in [7, 11) is 1.66. The monoisotopic (exact) mass is 408 g/mol. The van der Waals surface area contributed by atoms with Gasteiger partial charge in [-0.25, -0.2) is 14.3 Å². The Morgan fingerprint density at radius 3 is 2.43 bits per heavy atom. The lowest BCUT2D eigenvalue weighted by Crippen LogP contribution is -2.41. The number of amides is 1. The van der Waals surface area contributed by atoms with E-state index < -0.39 is 5.60 Å². The second kappa shape index (κ2) is 7.97. The summed E-state index contributed by atoms with van der Waals surface area (Å²) in [6.07, 6.45) is 3.35. The van der Waals surface area contributed by atoms with Gasteiger partial charge < -0.3 is 14.4 Å². The zero-order valence-electron chi connectivity index (χ0n) is 18.0. The quantitative estimate of drug-likeness (QED) is 0.637. The SMILES string of the molecule is COc1ccc(-c2cc3nccc(C4CCN(C(=O)OC(C)(C)C)CC4)n3n2)cc1. The molecule has 4 rings (SSSR count). The molecule has 0 spiro atoms. The molecule has 30 heavy (non-hydrogen) atoms. The van der Waals surface area contributed by atoms with Gasteiger partial charge in [-0.15, -0.1) is 0 Å². The Labute approximate surface area is 176 Å². The fourth-order valence-corrected chi connectivity index (χ4v) is 3.81. The molecule has 0 atom stereocenters. The highest BCUT2D eigenvalue weighted by Gasteiger charge is 2.28. The number of carbonyl (C=O) groups excluding carboxylic acids is 1. The first-order valence-corrected chi connectivity index (χ1v) is 10.3. The number of rotatable bonds is 3. The molecule has 158 valence electrons. The Bertz CT molecular complexity index is 1030. The average molecular weight is 409 g/mol. The lowest BCUT2D eigenvalue weighted by Gasteiger charge is -2.33. The molecule has 1 saturated heterocycles. The van der Waals surface area contributed by atoms with Gasteiger partial charge in [-0.05, 0) is 63.9 Å². The fraction of sp³-hybridized carbons (Fsp3) is 0.435. The highest BCUT2D eigenvalue weighted by molar-refractivity contribution is 5.68. The Balaban J connectivity index is 1.52. The van der Waals surface area contributed by atoms with E-state index in [1.807, 2.05) is 67.9 Å². The molecule has 0 unspecified atom stereocenters. The molecule has 1 aromatic carbocycles. The van der Waals surface area contributed by atoms with E-state index in [2.05, 4.69) is 4.98 Å². The highest BCUT2D eigenvalue weighted by atomic mass is 16.6. The molecule has 1 aliphatic heterocycles. The molecule has 7 heteroatoms. The summed E-state index contributed by atoms with van der Waals surface area (Å²) in [5.41, 5.74) is 3.38. The molecular formula is C23H28N4O3. The molecule has 3 heterocycles. The smallest absolute Gasteiger partial charge is 0.410 e. The number of hydrogen-bond donors (Lipinski definition) is 0. The van der Waals surface area contributed by atoms with E-state index in [4.69, 9.17) is 14.6 Å². The molecule has 3 aromatic rings. The minimum atomic E-state index is -0.474. The summed E-state index contributed by atoms with van der Waals surface area (Å²) in [6.45, 7) is 7.03. The molecule has 1 aliphatic rings. The number of benzene rings is 1. The first-order valence-electron chi connectivity index (χ1n) is 10.3. The molecule has 0 N–H and O–H groups in total. The van der Waals surface area contributed by atoms with E-state index in [0.717, 1.165) is 41.2 Å². The van der Waals surface area contributed by atoms with Crippen molar-refractivity contribution in [3.8, 4) is 17.0 Å². The van der Waals surface area contributed by atoms with Crippen molar-refractivity contribution >= 4 is 11.7 Å². The van der Waals surface area contributed by atoms with Gasteiger partial charge in [0.05, 0.1) is 12.8 Å². The number of carbonyl (C=O) groups is 1. The van der Waals surface area contributed by atoms with E-state index in [1.54, 1.807) is 12.0 Å². The lowest BCUT2D eigenvalue weighted by molar-refractivity contribution is 0.0203. The molecular weight excluding hydrogens is 380 g/mol. The number of ether oxygens (including phenoxy) is 2. The van der Waals surface area contributed by atoms with E-state index >= 15 is 0 Å². The number of hydrogen-bond acceptors (Lipinski definition) is 5. The maximum Gasteiger partial charge on any atom is 0.410 e. The van der Waals surface area contributed by atoms with Crippen molar-refractivity contribution in [1.29, 1.82) is 0 Å². The zero-order valence-corrected chi connectivity index (χ0v) is 18.0. The van der Waals surface area contributed by atoms with Crippen molar-refractivity contribution in [1.82, 2.24) is 19.5 Å². The first kappa shape index (κ1) is 20.2. The Kier molecular flexibility index (Phi) is 5.37. The van der Waals surface area contributed by atoms with E-state index in [-0.39, 0.29) is 6.09 Å². The Hall–Kier alpha value is -3.09. The second-order valence-corrected chi connectivity index (χ2v) is 8.64. The maximum absolute atomic E-state index is 12.3. The molecule has 0 aliphatic carbocycles. The van der Waals surface area contributed by atoms with E-state index in [1.165, 1.54) is 0 Å². The van der Waals surface area contributed by atoms with Crippen LogP contribution in [0.4, 0.5) is 4.79 Å². The minimum absolute atomic E-state index is 0.235. The molecule has 0 saturated carbocycles. The van der Waals surface area contributed by atoms with Crippen molar-refractivity contribution in [3.63, 3.8) is 0 Å². The molecule has 1 amide bonds. The van der Waals surface area contributed by atoms with Gasteiger partial charge >= 0.3 is 6.09 Å². The number of likely N-dealkylation sites (tertiary alicyclic amines) is 1. The molecule has 7 nitrogen and oxygen atoms in total. The van der Waals surface area contributed by atoms with Gasteiger partial charge in [0.1, 0.15) is 11.4 Å². The summed E-state index contributed by atoms with van der Waals surface area (Å²) >= 11 is 0. The van der Waals surface area contributed by atoms with Gasteiger partial charge in [0, 0.05) is 42.5 Å². The van der Waals surface area contributed by atoms with Crippen LogP contribution >= 0.6 is 0 Å². The largest absolute Gasteiger partial charge is 0.497 e. The Morgan fingerprint density at radius 1 is 1.10 bits per heavy atom. The van der Waals surface area contributed by atoms with Gasteiger partial charge in [-0.1, -0.05) is 0 Å². The van der Waals surface area contributed by atoms with Crippen LogP contribution < -0.4 is 4.74 Å². The highest BCUT2D eigenvalue weighted by Crippen LogP contribution is 2.30. The van der Waals surface area contributed by atoms with Gasteiger partial charge in [-0.2, -0.15) is 5.10 Å². The molecule has 1 fully saturated rings. The number of methoxy groups -OCH3 is 1. The predicted molar refractivity (Wildman–Crippen MR) is 115 cm³/mol. The number of nitrogens with zero attached hydrogens (tertiary/aromatic N) is 4. The fourth-order valence-electron chi connectivity index (χ4n) is 3.81. The minimum Gasteiger partial charge on any atom is -0.497 e. The van der Waals surface area contributed by atoms with Crippen molar-refractivity contribution in [2.75, 3.05) is 20.2 Å². The van der Waals surface area contributed by atoms with Crippen LogP contribution in [0.25, 0.3) is 16.9 Å². The van der Waals surface area contributed by atoms with Crippen LogP contribution in [-0.2, 0) is 4.74 Å². The van der Waals surface area contributed by atoms with Crippen molar-refractivity contribution in [2.45, 2.75) is 45.1 Å². The summed E-state index contributed by atoms with van der Waals surface area (Å²) in [5.74, 6) is 1.14. The molecule has 2 aromatic heterocycles. The summed E-state index contributed by atoms with van der Waals surface area (Å²) in [6, 6.07) is 11.9. The van der Waals surface area contributed by atoms with Crippen LogP contribution in [-0.4, -0.2) is 51.4 Å². The maximum atomic E-state index is 12.3. The molecule has 0 radical (unpaired) electrons. The van der Waals surface area contributed by atoms with Gasteiger partial charge in [0.15, 0.2) is 5.65 Å². The van der Waals surface area contributed by atoms with Crippen LogP contribution in [0.5, 0.6) is 5.75 Å². The topological polar surface area (TPSA) is 69.0 Å². The van der Waals surface area contributed by atoms with Gasteiger partial charge in [0.25, 0.3) is 0 Å². The second-order valence-electron chi connectivity index (χ2n) is 8.64. The standard InChI is InChI=1S/C23H28N4O3/c1-23(2,3)30-22(28)26-13-10-17(11-14-26)20-9-12-24-21-15-19(25-27(20)21)16-5-7-18(29-4)8-6-16/h5-9,12,15,17H,10-11,13-14H2,1-4H3. The summed E-state index contributed by atoms with van der Waals surface area (Å²) in [4.78, 5) is 18.6. The lowest BCUT2D eigenvalue weighted by atomic mass is 9.93. The average Bonchev–Trinajstić information content (AvgIpc) is 3.17. The summed E-state index contributed by atoms with van der Waals surface area (Å²) < 4.78 is 12.7. The van der Waals surface area contributed by atoms with Crippen LogP contribution in [0.15, 0.2) is 42.6 Å². The third kappa shape index (κ3) is 4.25. The van der Waals surface area contributed by atoms with Crippen molar-refractivity contribution < 1.29 is 14.3 Å². The van der Waals surface area contributed by atoms with Crippen LogP contribution in [0.1, 0.15) is 45.2 Å². The van der Waals surface area contributed by atoms with E-state index in [9.17, 15) is 4.79 Å². The van der Waals surface area contributed by atoms with Crippen LogP contribution in [0.2, 0.25) is 0 Å². The Morgan fingerprint density at radius 2 is 1.80 bits per heavy atom. The predicted octanol–water partition coefficient (Wildman–Crippen LogP) is 4.52. The third-order valence-corrected chi connectivity index (χ3v) is 5.34. The molecule has 0 bridgehead atoms. The number of aromatic nitrogens is 3. The normalized spacial score (nSPS) is 15.4. The zero-order chi connectivity index (χ0) is 21.3.